The summed E-state index contributed by atoms with van der Waals surface area (Å²) in [6.07, 6.45) is 0.0384. The molecule has 0 heterocycles. The third kappa shape index (κ3) is 5.18. The molecule has 0 aliphatic carbocycles. The van der Waals surface area contributed by atoms with Crippen LogP contribution in [-0.4, -0.2) is 45.6 Å². The molecule has 1 atom stereocenters. The average Bonchev–Trinajstić information content (AvgIpc) is 2.38. The van der Waals surface area contributed by atoms with Gasteiger partial charge in [0.15, 0.2) is 9.84 Å². The summed E-state index contributed by atoms with van der Waals surface area (Å²) >= 11 is 0. The van der Waals surface area contributed by atoms with E-state index in [0.29, 0.717) is 5.75 Å². The fourth-order valence-corrected chi connectivity index (χ4v) is 3.00. The van der Waals surface area contributed by atoms with Crippen LogP contribution in [0.25, 0.3) is 0 Å². The largest absolute Gasteiger partial charge is 0.497 e. The Kier molecular flexibility index (Phi) is 6.27. The van der Waals surface area contributed by atoms with Gasteiger partial charge in [-0.2, -0.15) is 0 Å². The van der Waals surface area contributed by atoms with Crippen molar-refractivity contribution in [3.63, 3.8) is 0 Å². The van der Waals surface area contributed by atoms with Crippen LogP contribution >= 0.6 is 0 Å². The average molecular weight is 287 g/mol. The lowest BCUT2D eigenvalue weighted by Gasteiger charge is -2.12. The molecule has 0 radical (unpaired) electrons. The molecule has 0 spiro atoms. The molecule has 0 saturated carbocycles. The van der Waals surface area contributed by atoms with E-state index in [0.717, 1.165) is 13.0 Å². The number of sulfone groups is 1. The highest BCUT2D eigenvalue weighted by atomic mass is 32.2. The lowest BCUT2D eigenvalue weighted by Crippen LogP contribution is -2.32. The van der Waals surface area contributed by atoms with Crippen LogP contribution in [0.1, 0.15) is 13.3 Å². The second kappa shape index (κ2) is 7.47. The molecule has 0 aliphatic rings. The zero-order valence-electron chi connectivity index (χ0n) is 11.3. The minimum atomic E-state index is -3.47. The number of ether oxygens (including phenoxy) is 1. The fourth-order valence-electron chi connectivity index (χ4n) is 1.64. The van der Waals surface area contributed by atoms with Crippen LogP contribution in [0.15, 0.2) is 29.2 Å². The van der Waals surface area contributed by atoms with Crippen molar-refractivity contribution in [2.45, 2.75) is 24.3 Å². The predicted molar refractivity (Wildman–Crippen MR) is 74.2 cm³/mol. The first-order valence-electron chi connectivity index (χ1n) is 6.25. The van der Waals surface area contributed by atoms with Gasteiger partial charge in [0.25, 0.3) is 0 Å². The number of benzene rings is 1. The highest BCUT2D eigenvalue weighted by Gasteiger charge is 2.19. The number of aliphatic hydroxyl groups is 1. The normalized spacial score (nSPS) is 13.2. The minimum Gasteiger partial charge on any atom is -0.497 e. The number of nitrogens with one attached hydrogen (secondary N) is 1. The maximum atomic E-state index is 12.0. The van der Waals surface area contributed by atoms with Crippen molar-refractivity contribution in [3.05, 3.63) is 24.3 Å². The molecule has 5 nitrogen and oxygen atoms in total. The number of rotatable bonds is 8. The molecule has 1 aromatic rings. The van der Waals surface area contributed by atoms with Crippen LogP contribution in [0.2, 0.25) is 0 Å². The number of hydrogen-bond acceptors (Lipinski definition) is 5. The maximum absolute atomic E-state index is 12.0. The van der Waals surface area contributed by atoms with Gasteiger partial charge in [-0.05, 0) is 37.2 Å². The molecular weight excluding hydrogens is 266 g/mol. The summed E-state index contributed by atoms with van der Waals surface area (Å²) in [5.74, 6) is 0.319. The summed E-state index contributed by atoms with van der Waals surface area (Å²) in [5, 5.41) is 12.7. The van der Waals surface area contributed by atoms with Crippen molar-refractivity contribution in [3.8, 4) is 5.75 Å². The maximum Gasteiger partial charge on any atom is 0.180 e. The molecule has 108 valence electrons. The SMILES string of the molecule is CCCNCC(O)CS(=O)(=O)c1ccc(OC)cc1. The van der Waals surface area contributed by atoms with E-state index in [-0.39, 0.29) is 17.2 Å². The van der Waals surface area contributed by atoms with Crippen LogP contribution < -0.4 is 10.1 Å². The summed E-state index contributed by atoms with van der Waals surface area (Å²) in [4.78, 5) is 0.197. The van der Waals surface area contributed by atoms with Crippen LogP contribution in [0.5, 0.6) is 5.75 Å². The molecule has 0 aromatic heterocycles. The molecule has 19 heavy (non-hydrogen) atoms. The van der Waals surface area contributed by atoms with Gasteiger partial charge in [-0.15, -0.1) is 0 Å². The van der Waals surface area contributed by atoms with E-state index in [1.807, 2.05) is 6.92 Å². The molecule has 0 bridgehead atoms. The molecule has 0 aliphatic heterocycles. The first kappa shape index (κ1) is 15.9. The Balaban J connectivity index is 2.63. The highest BCUT2D eigenvalue weighted by Crippen LogP contribution is 2.17. The Bertz CT molecular complexity index is 470. The van der Waals surface area contributed by atoms with E-state index in [2.05, 4.69) is 5.32 Å². The number of aliphatic hydroxyl groups excluding tert-OH is 1. The Morgan fingerprint density at radius 3 is 2.47 bits per heavy atom. The van der Waals surface area contributed by atoms with Crippen molar-refractivity contribution >= 4 is 9.84 Å². The molecule has 1 aromatic carbocycles. The highest BCUT2D eigenvalue weighted by molar-refractivity contribution is 7.91. The van der Waals surface area contributed by atoms with Gasteiger partial charge < -0.3 is 15.2 Å². The van der Waals surface area contributed by atoms with Crippen molar-refractivity contribution < 1.29 is 18.3 Å². The summed E-state index contributed by atoms with van der Waals surface area (Å²) in [6, 6.07) is 6.16. The van der Waals surface area contributed by atoms with Gasteiger partial charge in [0.2, 0.25) is 0 Å². The van der Waals surface area contributed by atoms with E-state index < -0.39 is 15.9 Å². The zero-order chi connectivity index (χ0) is 14.3. The van der Waals surface area contributed by atoms with Gasteiger partial charge in [0.05, 0.1) is 23.9 Å². The Morgan fingerprint density at radius 1 is 1.32 bits per heavy atom. The number of hydrogen-bond donors (Lipinski definition) is 2. The van der Waals surface area contributed by atoms with Gasteiger partial charge >= 0.3 is 0 Å². The van der Waals surface area contributed by atoms with E-state index >= 15 is 0 Å². The first-order chi connectivity index (χ1) is 8.99. The van der Waals surface area contributed by atoms with E-state index in [1.54, 1.807) is 12.1 Å². The van der Waals surface area contributed by atoms with Gasteiger partial charge in [-0.3, -0.25) is 0 Å². The lowest BCUT2D eigenvalue weighted by atomic mass is 10.3. The van der Waals surface area contributed by atoms with Gasteiger partial charge in [0.1, 0.15) is 5.75 Å². The molecule has 6 heteroatoms. The first-order valence-corrected chi connectivity index (χ1v) is 7.90. The third-order valence-corrected chi connectivity index (χ3v) is 4.45. The summed E-state index contributed by atoms with van der Waals surface area (Å²) in [6.45, 7) is 3.05. The van der Waals surface area contributed by atoms with E-state index in [1.165, 1.54) is 19.2 Å². The van der Waals surface area contributed by atoms with Crippen molar-refractivity contribution in [1.82, 2.24) is 5.32 Å². The molecule has 0 fully saturated rings. The van der Waals surface area contributed by atoms with Crippen molar-refractivity contribution in [2.75, 3.05) is 26.0 Å². The standard InChI is InChI=1S/C13H21NO4S/c1-3-8-14-9-11(15)10-19(16,17)13-6-4-12(18-2)5-7-13/h4-7,11,14-15H,3,8-10H2,1-2H3. The Morgan fingerprint density at radius 2 is 1.95 bits per heavy atom. The van der Waals surface area contributed by atoms with Gasteiger partial charge in [-0.1, -0.05) is 6.92 Å². The van der Waals surface area contributed by atoms with Crippen molar-refractivity contribution in [1.29, 1.82) is 0 Å². The van der Waals surface area contributed by atoms with Gasteiger partial charge in [-0.25, -0.2) is 8.42 Å². The van der Waals surface area contributed by atoms with Crippen molar-refractivity contribution in [2.24, 2.45) is 0 Å². The molecule has 0 amide bonds. The van der Waals surface area contributed by atoms with Gasteiger partial charge in [0, 0.05) is 6.54 Å². The second-order valence-electron chi connectivity index (χ2n) is 4.31. The monoisotopic (exact) mass is 287 g/mol. The van der Waals surface area contributed by atoms with Crippen LogP contribution in [0, 0.1) is 0 Å². The van der Waals surface area contributed by atoms with Crippen LogP contribution in [-0.2, 0) is 9.84 Å². The molecule has 2 N–H and O–H groups in total. The Hall–Kier alpha value is -1.11. The minimum absolute atomic E-state index is 0.197. The summed E-state index contributed by atoms with van der Waals surface area (Å²) in [7, 11) is -1.95. The molecule has 1 rings (SSSR count). The fraction of sp³-hybridized carbons (Fsp3) is 0.538. The topological polar surface area (TPSA) is 75.6 Å². The predicted octanol–water partition coefficient (Wildman–Crippen LogP) is 0.829. The summed E-state index contributed by atoms with van der Waals surface area (Å²) < 4.78 is 29.1. The number of methoxy groups -OCH3 is 1. The zero-order valence-corrected chi connectivity index (χ0v) is 12.1. The smallest absolute Gasteiger partial charge is 0.180 e. The van der Waals surface area contributed by atoms with Crippen LogP contribution in [0.3, 0.4) is 0 Å². The second-order valence-corrected chi connectivity index (χ2v) is 6.35. The third-order valence-electron chi connectivity index (χ3n) is 2.64. The Labute approximate surface area is 114 Å². The quantitative estimate of drug-likeness (QED) is 0.693. The van der Waals surface area contributed by atoms with E-state index in [4.69, 9.17) is 4.74 Å². The molecular formula is C13H21NO4S. The molecule has 1 unspecified atom stereocenters. The summed E-state index contributed by atoms with van der Waals surface area (Å²) in [5.41, 5.74) is 0. The van der Waals surface area contributed by atoms with Crippen LogP contribution in [0.4, 0.5) is 0 Å². The lowest BCUT2D eigenvalue weighted by molar-refractivity contribution is 0.194. The molecule has 0 saturated heterocycles. The van der Waals surface area contributed by atoms with E-state index in [9.17, 15) is 13.5 Å².